The van der Waals surface area contributed by atoms with Crippen molar-refractivity contribution in [2.24, 2.45) is 0 Å². The fraction of sp³-hybridized carbons (Fsp3) is 1.00. The number of rotatable bonds is 36. The van der Waals surface area contributed by atoms with E-state index >= 15 is 0 Å². The molecule has 4 nitrogen and oxygen atoms in total. The monoisotopic (exact) mass is 693 g/mol. The number of unbranched alkanes of at least 4 members (excludes halogenated alkanes) is 22. The van der Waals surface area contributed by atoms with Crippen LogP contribution in [0.2, 0.25) is 0 Å². The third-order valence-electron chi connectivity index (χ3n) is 9.44. The number of hydrogen-bond donors (Lipinski definition) is 0. The van der Waals surface area contributed by atoms with Crippen LogP contribution in [-0.2, 0) is 13.6 Å². The Balaban J connectivity index is 0. The van der Waals surface area contributed by atoms with Gasteiger partial charge in [-0.3, -0.25) is 4.57 Å². The minimum absolute atomic E-state index is 0.253. The van der Waals surface area contributed by atoms with Crippen molar-refractivity contribution in [3.63, 3.8) is 0 Å². The molecule has 0 aromatic heterocycles. The maximum Gasteiger partial charge on any atom is 0.267 e. The molecular weight excluding hydrogens is 606 g/mol. The summed E-state index contributed by atoms with van der Waals surface area (Å²) in [5, 5.41) is 0. The molecule has 0 bridgehead atoms. The van der Waals surface area contributed by atoms with Crippen LogP contribution in [0, 0.1) is 0 Å². The first-order chi connectivity index (χ1) is 22.4. The van der Waals surface area contributed by atoms with E-state index in [1.54, 1.807) is 24.6 Å². The lowest BCUT2D eigenvalue weighted by Gasteiger charge is -2.28. The zero-order chi connectivity index (χ0) is 34.5. The maximum absolute atomic E-state index is 11.5. The predicted octanol–water partition coefficient (Wildman–Crippen LogP) is 14.5. The van der Waals surface area contributed by atoms with E-state index in [1.807, 2.05) is 0 Å². The summed E-state index contributed by atoms with van der Waals surface area (Å²) in [7, 11) is -4.72. The van der Waals surface area contributed by atoms with Gasteiger partial charge in [0.05, 0.1) is 37.9 Å². The first-order valence-corrected chi connectivity index (χ1v) is 24.8. The fourth-order valence-electron chi connectivity index (χ4n) is 6.32. The molecule has 0 amide bonds. The summed E-state index contributed by atoms with van der Waals surface area (Å²) in [6, 6.07) is 0. The Kier molecular flexibility index (Phi) is 40.6. The van der Waals surface area contributed by atoms with Crippen LogP contribution in [0.3, 0.4) is 0 Å². The van der Waals surface area contributed by atoms with Crippen LogP contribution in [0.25, 0.3) is 0 Å². The summed E-state index contributed by atoms with van der Waals surface area (Å²) in [5.41, 5.74) is 0. The van der Waals surface area contributed by atoms with E-state index in [2.05, 4.69) is 41.5 Å². The first kappa shape index (κ1) is 48.7. The number of phosphoric acid groups is 1. The average Bonchev–Trinajstić information content (AvgIpc) is 3.05. The van der Waals surface area contributed by atoms with Crippen molar-refractivity contribution in [3.05, 3.63) is 0 Å². The van der Waals surface area contributed by atoms with E-state index in [-0.39, 0.29) is 13.2 Å². The molecule has 0 heterocycles. The molecular formula is C40H86O4P2. The quantitative estimate of drug-likeness (QED) is 0.0484. The van der Waals surface area contributed by atoms with E-state index in [9.17, 15) is 9.46 Å². The predicted molar refractivity (Wildman–Crippen MR) is 209 cm³/mol. The van der Waals surface area contributed by atoms with Gasteiger partial charge in [-0.25, -0.2) is 0 Å². The molecule has 46 heavy (non-hydrogen) atoms. The van der Waals surface area contributed by atoms with Crippen molar-refractivity contribution in [3.8, 4) is 0 Å². The average molecular weight is 693 g/mol. The van der Waals surface area contributed by atoms with E-state index in [0.717, 1.165) is 38.5 Å². The second-order valence-corrected chi connectivity index (χ2v) is 20.0. The second-order valence-electron chi connectivity index (χ2n) is 14.1. The Hall–Kier alpha value is 0.540. The third-order valence-corrected chi connectivity index (χ3v) is 15.5. The van der Waals surface area contributed by atoms with Crippen molar-refractivity contribution in [2.45, 2.75) is 221 Å². The molecule has 0 saturated heterocycles. The highest BCUT2D eigenvalue weighted by Crippen LogP contribution is 2.61. The van der Waals surface area contributed by atoms with Gasteiger partial charge in [0.1, 0.15) is 0 Å². The van der Waals surface area contributed by atoms with Gasteiger partial charge in [-0.15, -0.1) is 0 Å². The van der Waals surface area contributed by atoms with Gasteiger partial charge in [-0.2, -0.15) is 0 Å². The third kappa shape index (κ3) is 35.8. The van der Waals surface area contributed by atoms with Gasteiger partial charge in [-0.1, -0.05) is 157 Å². The molecule has 0 aromatic rings. The van der Waals surface area contributed by atoms with Gasteiger partial charge in [0.15, 0.2) is 0 Å². The summed E-state index contributed by atoms with van der Waals surface area (Å²) in [6.45, 7) is 14.3. The first-order valence-electron chi connectivity index (χ1n) is 20.8. The van der Waals surface area contributed by atoms with Crippen molar-refractivity contribution in [1.29, 1.82) is 0 Å². The zero-order valence-corrected chi connectivity index (χ0v) is 34.4. The molecule has 0 rings (SSSR count). The van der Waals surface area contributed by atoms with Crippen LogP contribution in [0.5, 0.6) is 0 Å². The molecule has 0 atom stereocenters. The van der Waals surface area contributed by atoms with Gasteiger partial charge in [0, 0.05) is 7.26 Å². The van der Waals surface area contributed by atoms with Gasteiger partial charge >= 0.3 is 0 Å². The zero-order valence-electron chi connectivity index (χ0n) is 32.6. The molecule has 0 aliphatic heterocycles. The lowest BCUT2D eigenvalue weighted by atomic mass is 10.1. The highest BCUT2D eigenvalue weighted by atomic mass is 31.2. The summed E-state index contributed by atoms with van der Waals surface area (Å²) in [6.07, 6.45) is 43.4. The highest BCUT2D eigenvalue weighted by molar-refractivity contribution is 7.75. The Morgan fingerprint density at radius 1 is 0.370 bits per heavy atom. The highest BCUT2D eigenvalue weighted by Gasteiger charge is 2.34. The van der Waals surface area contributed by atoms with Gasteiger partial charge in [0.25, 0.3) is 7.82 Å². The van der Waals surface area contributed by atoms with Crippen LogP contribution in [0.4, 0.5) is 0 Å². The van der Waals surface area contributed by atoms with E-state index in [0.29, 0.717) is 0 Å². The SMILES string of the molecule is CCCCCCCCOP(=O)([O-])OCCCCCCCC.CCCCCC[P+](CCCCCC)(CCCCCC)CCCCCC. The van der Waals surface area contributed by atoms with Crippen LogP contribution in [0.1, 0.15) is 221 Å². The Bertz CT molecular complexity index is 541. The minimum Gasteiger partial charge on any atom is -0.756 e. The minimum atomic E-state index is -4.07. The Labute approximate surface area is 292 Å². The van der Waals surface area contributed by atoms with Crippen LogP contribution in [-0.4, -0.2) is 37.9 Å². The molecule has 0 N–H and O–H groups in total. The summed E-state index contributed by atoms with van der Waals surface area (Å²) in [4.78, 5) is 11.5. The van der Waals surface area contributed by atoms with Crippen molar-refractivity contribution in [2.75, 3.05) is 37.9 Å². The van der Waals surface area contributed by atoms with Crippen molar-refractivity contribution >= 4 is 15.1 Å². The summed E-state index contributed by atoms with van der Waals surface area (Å²) < 4.78 is 21.2. The lowest BCUT2D eigenvalue weighted by molar-refractivity contribution is -0.225. The van der Waals surface area contributed by atoms with Gasteiger partial charge in [0.2, 0.25) is 0 Å². The molecule has 0 fully saturated rings. The standard InChI is InChI=1S/C24H52P.C16H35O4P/c1-5-9-13-17-21-25(22-18-14-10-6-2,23-19-15-11-7-3)24-20-16-12-8-4;1-3-5-7-9-11-13-15-19-21(17,18)20-16-14-12-10-8-6-4-2/h5-24H2,1-4H3;3-16H2,1-2H3,(H,17,18)/q+1;/p-1. The normalized spacial score (nSPS) is 12.0. The summed E-state index contributed by atoms with van der Waals surface area (Å²) in [5.74, 6) is 0. The van der Waals surface area contributed by atoms with E-state index in [1.165, 1.54) is 141 Å². The van der Waals surface area contributed by atoms with Gasteiger partial charge in [-0.05, 0) is 64.2 Å². The number of phosphoric ester groups is 1. The molecule has 0 aliphatic carbocycles. The van der Waals surface area contributed by atoms with E-state index in [4.69, 9.17) is 9.05 Å². The number of hydrogen-bond acceptors (Lipinski definition) is 4. The lowest BCUT2D eigenvalue weighted by Crippen LogP contribution is -2.13. The molecule has 0 aliphatic rings. The second kappa shape index (κ2) is 38.3. The molecule has 0 unspecified atom stereocenters. The van der Waals surface area contributed by atoms with Crippen LogP contribution in [0.15, 0.2) is 0 Å². The Morgan fingerprint density at radius 3 is 0.848 bits per heavy atom. The van der Waals surface area contributed by atoms with Crippen molar-refractivity contribution < 1.29 is 18.5 Å². The molecule has 6 heteroatoms. The topological polar surface area (TPSA) is 58.6 Å². The molecule has 0 aromatic carbocycles. The van der Waals surface area contributed by atoms with Crippen LogP contribution >= 0.6 is 15.1 Å². The van der Waals surface area contributed by atoms with Crippen molar-refractivity contribution in [1.82, 2.24) is 0 Å². The maximum atomic E-state index is 11.5. The molecule has 0 saturated carbocycles. The molecule has 0 radical (unpaired) electrons. The van der Waals surface area contributed by atoms with Gasteiger partial charge < -0.3 is 13.9 Å². The fourth-order valence-corrected chi connectivity index (χ4v) is 12.0. The van der Waals surface area contributed by atoms with E-state index < -0.39 is 15.1 Å². The largest absolute Gasteiger partial charge is 0.756 e. The molecule has 280 valence electrons. The Morgan fingerprint density at radius 2 is 0.587 bits per heavy atom. The smallest absolute Gasteiger partial charge is 0.267 e. The van der Waals surface area contributed by atoms with Crippen LogP contribution < -0.4 is 4.89 Å². The summed E-state index contributed by atoms with van der Waals surface area (Å²) >= 11 is 0. The molecule has 0 spiro atoms.